The van der Waals surface area contributed by atoms with Crippen LogP contribution in [0.5, 0.6) is 0 Å². The maximum Gasteiger partial charge on any atom is 0.0315 e. The zero-order valence-electron chi connectivity index (χ0n) is 10.5. The van der Waals surface area contributed by atoms with E-state index >= 15 is 0 Å². The molecule has 1 aromatic rings. The highest BCUT2D eigenvalue weighted by Gasteiger charge is 2.34. The molecule has 2 aliphatic rings. The van der Waals surface area contributed by atoms with E-state index in [1.165, 1.54) is 37.9 Å². The second-order valence-electron chi connectivity index (χ2n) is 5.39. The van der Waals surface area contributed by atoms with Crippen molar-refractivity contribution in [2.24, 2.45) is 0 Å². The van der Waals surface area contributed by atoms with Crippen LogP contribution in [0.25, 0.3) is 0 Å². The lowest BCUT2D eigenvalue weighted by Gasteiger charge is -2.20. The molecule has 17 heavy (non-hydrogen) atoms. The molecule has 0 radical (unpaired) electrons. The van der Waals surface area contributed by atoms with Crippen LogP contribution in [0.3, 0.4) is 0 Å². The third-order valence-electron chi connectivity index (χ3n) is 3.95. The fourth-order valence-electron chi connectivity index (χ4n) is 2.78. The quantitative estimate of drug-likeness (QED) is 0.858. The monoisotopic (exact) mass is 231 g/mol. The predicted octanol–water partition coefficient (Wildman–Crippen LogP) is 1.97. The van der Waals surface area contributed by atoms with Gasteiger partial charge in [0.1, 0.15) is 0 Å². The van der Waals surface area contributed by atoms with E-state index < -0.39 is 0 Å². The average molecular weight is 231 g/mol. The summed E-state index contributed by atoms with van der Waals surface area (Å²) in [6.07, 6.45) is 7.93. The maximum absolute atomic E-state index is 4.18. The Morgan fingerprint density at radius 3 is 3.00 bits per heavy atom. The molecule has 3 nitrogen and oxygen atoms in total. The van der Waals surface area contributed by atoms with Crippen molar-refractivity contribution in [1.29, 1.82) is 0 Å². The largest absolute Gasteiger partial charge is 0.306 e. The highest BCUT2D eigenvalue weighted by atomic mass is 15.2. The third-order valence-corrected chi connectivity index (χ3v) is 3.95. The minimum atomic E-state index is 0.410. The minimum Gasteiger partial charge on any atom is -0.306 e. The van der Waals surface area contributed by atoms with Crippen LogP contribution in [0.2, 0.25) is 0 Å². The van der Waals surface area contributed by atoms with E-state index in [4.69, 9.17) is 0 Å². The molecule has 92 valence electrons. The van der Waals surface area contributed by atoms with Crippen molar-refractivity contribution in [2.45, 2.75) is 44.3 Å². The fraction of sp³-hybridized carbons (Fsp3) is 0.643. The summed E-state index contributed by atoms with van der Waals surface area (Å²) in [5.41, 5.74) is 1.29. The SMILES string of the molecule is CC(NC1CCN(C2CC2)C1)c1cccnc1. The third kappa shape index (κ3) is 2.67. The van der Waals surface area contributed by atoms with Gasteiger partial charge in [0, 0.05) is 43.6 Å². The van der Waals surface area contributed by atoms with Crippen molar-refractivity contribution < 1.29 is 0 Å². The summed E-state index contributed by atoms with van der Waals surface area (Å²) >= 11 is 0. The molecule has 1 aliphatic heterocycles. The smallest absolute Gasteiger partial charge is 0.0315 e. The van der Waals surface area contributed by atoms with Gasteiger partial charge in [-0.2, -0.15) is 0 Å². The number of hydrogen-bond acceptors (Lipinski definition) is 3. The number of rotatable bonds is 4. The van der Waals surface area contributed by atoms with Crippen LogP contribution in [0.4, 0.5) is 0 Å². The van der Waals surface area contributed by atoms with Gasteiger partial charge in [0.2, 0.25) is 0 Å². The molecule has 2 unspecified atom stereocenters. The van der Waals surface area contributed by atoms with Crippen LogP contribution < -0.4 is 5.32 Å². The van der Waals surface area contributed by atoms with E-state index in [9.17, 15) is 0 Å². The number of hydrogen-bond donors (Lipinski definition) is 1. The van der Waals surface area contributed by atoms with Gasteiger partial charge in [0.05, 0.1) is 0 Å². The van der Waals surface area contributed by atoms with Crippen molar-refractivity contribution in [3.63, 3.8) is 0 Å². The van der Waals surface area contributed by atoms with Gasteiger partial charge in [-0.05, 0) is 37.8 Å². The van der Waals surface area contributed by atoms with E-state index in [-0.39, 0.29) is 0 Å². The lowest BCUT2D eigenvalue weighted by molar-refractivity contribution is 0.313. The van der Waals surface area contributed by atoms with E-state index in [0.717, 1.165) is 6.04 Å². The summed E-state index contributed by atoms with van der Waals surface area (Å²) in [5, 5.41) is 3.73. The summed E-state index contributed by atoms with van der Waals surface area (Å²) in [7, 11) is 0. The van der Waals surface area contributed by atoms with E-state index in [2.05, 4.69) is 28.2 Å². The first-order valence-corrected chi connectivity index (χ1v) is 6.73. The summed E-state index contributed by atoms with van der Waals surface area (Å²) < 4.78 is 0. The number of nitrogens with one attached hydrogen (secondary N) is 1. The lowest BCUT2D eigenvalue weighted by atomic mass is 10.1. The molecule has 1 N–H and O–H groups in total. The van der Waals surface area contributed by atoms with Crippen molar-refractivity contribution >= 4 is 0 Å². The Kier molecular flexibility index (Phi) is 3.12. The van der Waals surface area contributed by atoms with E-state index in [0.29, 0.717) is 12.1 Å². The van der Waals surface area contributed by atoms with Crippen LogP contribution in [0.1, 0.15) is 37.8 Å². The van der Waals surface area contributed by atoms with Gasteiger partial charge in [0.25, 0.3) is 0 Å². The normalized spacial score (nSPS) is 27.2. The van der Waals surface area contributed by atoms with Crippen LogP contribution in [0.15, 0.2) is 24.5 Å². The maximum atomic E-state index is 4.18. The molecule has 1 saturated heterocycles. The molecule has 0 amide bonds. The molecular weight excluding hydrogens is 210 g/mol. The summed E-state index contributed by atoms with van der Waals surface area (Å²) in [5.74, 6) is 0. The van der Waals surface area contributed by atoms with Crippen LogP contribution in [-0.2, 0) is 0 Å². The van der Waals surface area contributed by atoms with Crippen LogP contribution in [0, 0.1) is 0 Å². The van der Waals surface area contributed by atoms with Crippen LogP contribution >= 0.6 is 0 Å². The van der Waals surface area contributed by atoms with E-state index in [1.54, 1.807) is 0 Å². The molecular formula is C14H21N3. The summed E-state index contributed by atoms with van der Waals surface area (Å²) in [4.78, 5) is 6.83. The fourth-order valence-corrected chi connectivity index (χ4v) is 2.78. The van der Waals surface area contributed by atoms with Gasteiger partial charge in [-0.25, -0.2) is 0 Å². The molecule has 2 heterocycles. The zero-order valence-corrected chi connectivity index (χ0v) is 10.5. The zero-order chi connectivity index (χ0) is 11.7. The highest BCUT2D eigenvalue weighted by Crippen LogP contribution is 2.30. The molecule has 3 rings (SSSR count). The average Bonchev–Trinajstić information content (AvgIpc) is 3.12. The van der Waals surface area contributed by atoms with E-state index in [1.807, 2.05) is 18.5 Å². The van der Waals surface area contributed by atoms with Gasteiger partial charge in [-0.15, -0.1) is 0 Å². The Labute approximate surface area is 103 Å². The summed E-state index contributed by atoms with van der Waals surface area (Å²) in [6, 6.07) is 6.14. The Balaban J connectivity index is 1.53. The Morgan fingerprint density at radius 2 is 2.29 bits per heavy atom. The standard InChI is InChI=1S/C14H21N3/c1-11(12-3-2-7-15-9-12)16-13-6-8-17(10-13)14-4-5-14/h2-3,7,9,11,13-14,16H,4-6,8,10H2,1H3. The summed E-state index contributed by atoms with van der Waals surface area (Å²) in [6.45, 7) is 4.74. The van der Waals surface area contributed by atoms with Crippen molar-refractivity contribution in [2.75, 3.05) is 13.1 Å². The predicted molar refractivity (Wildman–Crippen MR) is 68.8 cm³/mol. The van der Waals surface area contributed by atoms with Crippen molar-refractivity contribution in [1.82, 2.24) is 15.2 Å². The second kappa shape index (κ2) is 4.75. The lowest BCUT2D eigenvalue weighted by Crippen LogP contribution is -2.34. The van der Waals surface area contributed by atoms with Gasteiger partial charge >= 0.3 is 0 Å². The highest BCUT2D eigenvalue weighted by molar-refractivity contribution is 5.13. The first kappa shape index (κ1) is 11.2. The molecule has 2 atom stereocenters. The minimum absolute atomic E-state index is 0.410. The first-order valence-electron chi connectivity index (χ1n) is 6.73. The van der Waals surface area contributed by atoms with Gasteiger partial charge in [0.15, 0.2) is 0 Å². The molecule has 0 bridgehead atoms. The molecule has 2 fully saturated rings. The molecule has 1 aromatic heterocycles. The van der Waals surface area contributed by atoms with Crippen LogP contribution in [-0.4, -0.2) is 35.1 Å². The number of likely N-dealkylation sites (tertiary alicyclic amines) is 1. The molecule has 0 aromatic carbocycles. The number of pyridine rings is 1. The second-order valence-corrected chi connectivity index (χ2v) is 5.39. The van der Waals surface area contributed by atoms with Gasteiger partial charge in [-0.3, -0.25) is 9.88 Å². The van der Waals surface area contributed by atoms with Gasteiger partial charge < -0.3 is 5.32 Å². The number of aromatic nitrogens is 1. The molecule has 3 heteroatoms. The molecule has 1 saturated carbocycles. The Bertz CT molecular complexity index is 361. The molecule has 1 aliphatic carbocycles. The molecule has 0 spiro atoms. The Morgan fingerprint density at radius 1 is 1.41 bits per heavy atom. The number of nitrogens with zero attached hydrogens (tertiary/aromatic N) is 2. The van der Waals surface area contributed by atoms with Gasteiger partial charge in [-0.1, -0.05) is 6.07 Å². The van der Waals surface area contributed by atoms with Crippen molar-refractivity contribution in [3.05, 3.63) is 30.1 Å². The topological polar surface area (TPSA) is 28.2 Å². The Hall–Kier alpha value is -0.930. The first-order chi connectivity index (χ1) is 8.33. The van der Waals surface area contributed by atoms with Crippen molar-refractivity contribution in [3.8, 4) is 0 Å².